The maximum absolute atomic E-state index is 8.56. The molecule has 2 aliphatic rings. The zero-order valence-electron chi connectivity index (χ0n) is 17.3. The first-order valence-corrected chi connectivity index (χ1v) is 11.7. The molecule has 32 heavy (non-hydrogen) atoms. The molecule has 1 aliphatic carbocycles. The number of carbonyl (C=O) groups is 1. The summed E-state index contributed by atoms with van der Waals surface area (Å²) in [5, 5.41) is 18.5. The highest BCUT2D eigenvalue weighted by molar-refractivity contribution is 7.22. The molecule has 1 fully saturated rings. The number of carboxylic acid groups (broad SMARTS) is 2. The second-order valence-electron chi connectivity index (χ2n) is 7.68. The number of rotatable bonds is 5. The molecule has 0 bridgehead atoms. The maximum Gasteiger partial charge on any atom is 0.503 e. The summed E-state index contributed by atoms with van der Waals surface area (Å²) in [5.74, 6) is 3.98. The van der Waals surface area contributed by atoms with Gasteiger partial charge in [-0.3, -0.25) is 0 Å². The largest absolute Gasteiger partial charge is 0.503 e. The Morgan fingerprint density at radius 2 is 1.88 bits per heavy atom. The maximum atomic E-state index is 8.56. The molecule has 5 rings (SSSR count). The quantitative estimate of drug-likeness (QED) is 0.410. The second-order valence-corrected chi connectivity index (χ2v) is 9.34. The van der Waals surface area contributed by atoms with Gasteiger partial charge in [-0.25, -0.2) is 14.8 Å². The van der Waals surface area contributed by atoms with Crippen LogP contribution in [-0.2, 0) is 6.42 Å². The third-order valence-corrected chi connectivity index (χ3v) is 6.65. The summed E-state index contributed by atoms with van der Waals surface area (Å²) >= 11 is 7.81. The zero-order chi connectivity index (χ0) is 22.5. The number of halogens is 1. The minimum absolute atomic E-state index is 0.304. The number of aromatic nitrogens is 2. The fraction of sp³-hybridized carbons (Fsp3) is 0.409. The molecule has 1 saturated carbocycles. The third kappa shape index (κ3) is 5.52. The van der Waals surface area contributed by atoms with Crippen LogP contribution in [0.5, 0.6) is 11.5 Å². The molecular formula is C22H24ClN3O5S. The minimum atomic E-state index is -1.83. The van der Waals surface area contributed by atoms with Gasteiger partial charge in [0.05, 0.1) is 9.72 Å². The van der Waals surface area contributed by atoms with Crippen LogP contribution < -0.4 is 14.8 Å². The molecule has 3 aromatic rings. The molecule has 3 heterocycles. The van der Waals surface area contributed by atoms with Crippen molar-refractivity contribution in [3.8, 4) is 11.5 Å². The van der Waals surface area contributed by atoms with E-state index in [4.69, 9.17) is 46.1 Å². The molecule has 0 saturated heterocycles. The Labute approximate surface area is 194 Å². The van der Waals surface area contributed by atoms with E-state index in [-0.39, 0.29) is 0 Å². The van der Waals surface area contributed by atoms with Crippen LogP contribution in [-0.4, -0.2) is 39.7 Å². The van der Waals surface area contributed by atoms with Gasteiger partial charge in [-0.1, -0.05) is 36.9 Å². The number of hydrogen-bond donors (Lipinski definition) is 3. The highest BCUT2D eigenvalue weighted by Gasteiger charge is 2.21. The standard InChI is InChI=1S/C21H22ClN3O2S.CH2O3/c22-18-11-15-20(23-9-8-13-6-7-16-17(10-13)27-12-26-16)24-19(25-21(15)28-18)14-4-2-1-3-5-14;2-1(3)4/h6-7,10-11,14H,1-5,8-9,12H2,(H,23,24,25);(H2,2,3,4). The van der Waals surface area contributed by atoms with Crippen LogP contribution in [0.25, 0.3) is 10.2 Å². The number of ether oxygens (including phenoxy) is 2. The first kappa shape index (κ1) is 22.4. The summed E-state index contributed by atoms with van der Waals surface area (Å²) < 4.78 is 11.6. The van der Waals surface area contributed by atoms with E-state index in [0.29, 0.717) is 12.7 Å². The lowest BCUT2D eigenvalue weighted by Gasteiger charge is -2.21. The van der Waals surface area contributed by atoms with Gasteiger partial charge in [0, 0.05) is 12.5 Å². The van der Waals surface area contributed by atoms with Gasteiger partial charge in [0.15, 0.2) is 11.5 Å². The predicted molar refractivity (Wildman–Crippen MR) is 124 cm³/mol. The van der Waals surface area contributed by atoms with E-state index in [2.05, 4.69) is 17.4 Å². The Hall–Kier alpha value is -2.78. The van der Waals surface area contributed by atoms with Gasteiger partial charge >= 0.3 is 6.16 Å². The summed E-state index contributed by atoms with van der Waals surface area (Å²) in [6, 6.07) is 8.07. The number of fused-ring (bicyclic) bond motifs is 2. The SMILES string of the molecule is Clc1cc2c(NCCc3ccc4c(c3)OCO4)nc(C3CCCCC3)nc2s1.O=C(O)O. The van der Waals surface area contributed by atoms with E-state index in [0.717, 1.165) is 50.7 Å². The number of hydrogen-bond acceptors (Lipinski definition) is 7. The minimum Gasteiger partial charge on any atom is -0.454 e. The first-order chi connectivity index (χ1) is 15.5. The van der Waals surface area contributed by atoms with Gasteiger partial charge in [-0.2, -0.15) is 0 Å². The van der Waals surface area contributed by atoms with Crippen molar-refractivity contribution in [2.24, 2.45) is 0 Å². The first-order valence-electron chi connectivity index (χ1n) is 10.5. The van der Waals surface area contributed by atoms with Crippen LogP contribution in [0, 0.1) is 0 Å². The van der Waals surface area contributed by atoms with Crippen LogP contribution in [0.4, 0.5) is 10.6 Å². The summed E-state index contributed by atoms with van der Waals surface area (Å²) in [5.41, 5.74) is 1.21. The van der Waals surface area contributed by atoms with Gasteiger partial charge in [0.1, 0.15) is 16.5 Å². The van der Waals surface area contributed by atoms with Gasteiger partial charge in [0.2, 0.25) is 6.79 Å². The van der Waals surface area contributed by atoms with Gasteiger partial charge in [0.25, 0.3) is 0 Å². The molecule has 2 aromatic heterocycles. The van der Waals surface area contributed by atoms with Crippen LogP contribution in [0.2, 0.25) is 4.34 Å². The fourth-order valence-corrected chi connectivity index (χ4v) is 5.10. The van der Waals surface area contributed by atoms with Gasteiger partial charge < -0.3 is 25.0 Å². The normalized spacial score (nSPS) is 15.3. The van der Waals surface area contributed by atoms with E-state index in [1.54, 1.807) is 0 Å². The molecule has 0 radical (unpaired) electrons. The average Bonchev–Trinajstić information content (AvgIpc) is 3.39. The van der Waals surface area contributed by atoms with Crippen LogP contribution >= 0.6 is 22.9 Å². The van der Waals surface area contributed by atoms with Crippen molar-refractivity contribution in [3.63, 3.8) is 0 Å². The van der Waals surface area contributed by atoms with Gasteiger partial charge in [-0.15, -0.1) is 11.3 Å². The summed E-state index contributed by atoms with van der Waals surface area (Å²) in [4.78, 5) is 19.3. The van der Waals surface area contributed by atoms with Crippen molar-refractivity contribution < 1.29 is 24.5 Å². The van der Waals surface area contributed by atoms with E-state index >= 15 is 0 Å². The highest BCUT2D eigenvalue weighted by Crippen LogP contribution is 2.37. The van der Waals surface area contributed by atoms with Crippen LogP contribution in [0.15, 0.2) is 24.3 Å². The lowest BCUT2D eigenvalue weighted by Crippen LogP contribution is -2.12. The van der Waals surface area contributed by atoms with E-state index < -0.39 is 6.16 Å². The Kier molecular flexibility index (Phi) is 7.16. The van der Waals surface area contributed by atoms with Crippen LogP contribution in [0.1, 0.15) is 49.4 Å². The van der Waals surface area contributed by atoms with E-state index in [9.17, 15) is 0 Å². The van der Waals surface area contributed by atoms with E-state index in [1.165, 1.54) is 49.0 Å². The Morgan fingerprint density at radius 3 is 2.66 bits per heavy atom. The Morgan fingerprint density at radius 1 is 1.12 bits per heavy atom. The number of nitrogens with zero attached hydrogens (tertiary/aromatic N) is 2. The molecule has 1 aromatic carbocycles. The zero-order valence-corrected chi connectivity index (χ0v) is 18.9. The predicted octanol–water partition coefficient (Wildman–Crippen LogP) is 6.00. The molecule has 8 nitrogen and oxygen atoms in total. The molecule has 0 atom stereocenters. The molecule has 0 unspecified atom stereocenters. The Bertz CT molecular complexity index is 1100. The van der Waals surface area contributed by atoms with Crippen molar-refractivity contribution in [3.05, 3.63) is 40.0 Å². The second kappa shape index (κ2) is 10.2. The highest BCUT2D eigenvalue weighted by atomic mass is 35.5. The number of anilines is 1. The average molecular weight is 478 g/mol. The number of thiophene rings is 1. The molecule has 170 valence electrons. The molecule has 3 N–H and O–H groups in total. The third-order valence-electron chi connectivity index (χ3n) is 5.49. The monoisotopic (exact) mass is 477 g/mol. The molecule has 1 aliphatic heterocycles. The number of nitrogens with one attached hydrogen (secondary N) is 1. The molecule has 0 amide bonds. The van der Waals surface area contributed by atoms with Crippen molar-refractivity contribution >= 4 is 45.1 Å². The molecule has 0 spiro atoms. The van der Waals surface area contributed by atoms with E-state index in [1.807, 2.05) is 12.1 Å². The molecule has 10 heteroatoms. The smallest absolute Gasteiger partial charge is 0.454 e. The Balaban J connectivity index is 0.000000567. The van der Waals surface area contributed by atoms with Crippen molar-refractivity contribution in [2.75, 3.05) is 18.7 Å². The lowest BCUT2D eigenvalue weighted by molar-refractivity contribution is 0.137. The van der Waals surface area contributed by atoms with Crippen molar-refractivity contribution in [1.29, 1.82) is 0 Å². The van der Waals surface area contributed by atoms with Crippen molar-refractivity contribution in [1.82, 2.24) is 9.97 Å². The summed E-state index contributed by atoms with van der Waals surface area (Å²) in [7, 11) is 0. The lowest BCUT2D eigenvalue weighted by atomic mass is 9.89. The summed E-state index contributed by atoms with van der Waals surface area (Å²) in [6.07, 6.45) is 5.26. The number of benzene rings is 1. The van der Waals surface area contributed by atoms with Crippen LogP contribution in [0.3, 0.4) is 0 Å². The van der Waals surface area contributed by atoms with Crippen molar-refractivity contribution in [2.45, 2.75) is 44.4 Å². The molecular weight excluding hydrogens is 454 g/mol. The summed E-state index contributed by atoms with van der Waals surface area (Å²) in [6.45, 7) is 1.09. The van der Waals surface area contributed by atoms with Gasteiger partial charge in [-0.05, 0) is 43.0 Å². The fourth-order valence-electron chi connectivity index (χ4n) is 4.01. The topological polar surface area (TPSA) is 114 Å².